The van der Waals surface area contributed by atoms with Crippen molar-refractivity contribution >= 4 is 11.8 Å². The number of likely N-dealkylation sites (tertiary alicyclic amines) is 1. The molecule has 0 aromatic heterocycles. The van der Waals surface area contributed by atoms with E-state index in [2.05, 4.69) is 10.2 Å². The number of nitrogens with zero attached hydrogens (tertiary/aromatic N) is 2. The zero-order valence-electron chi connectivity index (χ0n) is 14.0. The third-order valence-corrected chi connectivity index (χ3v) is 5.68. The molecular formula is C19H25N3O2. The molecule has 1 aromatic carbocycles. The van der Waals surface area contributed by atoms with Gasteiger partial charge in [-0.25, -0.2) is 0 Å². The van der Waals surface area contributed by atoms with Crippen molar-refractivity contribution in [2.45, 2.75) is 38.1 Å². The van der Waals surface area contributed by atoms with E-state index in [4.69, 9.17) is 0 Å². The van der Waals surface area contributed by atoms with Gasteiger partial charge in [0.05, 0.1) is 17.8 Å². The molecule has 0 radical (unpaired) electrons. The van der Waals surface area contributed by atoms with E-state index in [-0.39, 0.29) is 11.8 Å². The predicted octanol–water partition coefficient (Wildman–Crippen LogP) is 2.09. The molecule has 5 nitrogen and oxygen atoms in total. The smallest absolute Gasteiger partial charge is 0.262 e. The Morgan fingerprint density at radius 3 is 2.42 bits per heavy atom. The van der Waals surface area contributed by atoms with Gasteiger partial charge in [-0.05, 0) is 56.8 Å². The van der Waals surface area contributed by atoms with Crippen molar-refractivity contribution in [1.29, 1.82) is 0 Å². The molecule has 2 fully saturated rings. The van der Waals surface area contributed by atoms with Crippen LogP contribution in [0, 0.1) is 5.92 Å². The Morgan fingerprint density at radius 2 is 1.75 bits per heavy atom. The van der Waals surface area contributed by atoms with Crippen LogP contribution in [0.25, 0.3) is 0 Å². The molecule has 5 heteroatoms. The van der Waals surface area contributed by atoms with Crippen LogP contribution in [0.15, 0.2) is 24.3 Å². The summed E-state index contributed by atoms with van der Waals surface area (Å²) in [7, 11) is 0. The fraction of sp³-hybridized carbons (Fsp3) is 0.579. The third-order valence-electron chi connectivity index (χ3n) is 5.68. The van der Waals surface area contributed by atoms with Crippen LogP contribution in [0.1, 0.15) is 52.8 Å². The monoisotopic (exact) mass is 327 g/mol. The second-order valence-corrected chi connectivity index (χ2v) is 7.26. The van der Waals surface area contributed by atoms with Crippen molar-refractivity contribution in [3.05, 3.63) is 35.4 Å². The summed E-state index contributed by atoms with van der Waals surface area (Å²) < 4.78 is 0. The Kier molecular flexibility index (Phi) is 4.37. The number of carbonyl (C=O) groups is 2. The van der Waals surface area contributed by atoms with Crippen LogP contribution in [0.4, 0.5) is 0 Å². The number of hydrogen-bond donors (Lipinski definition) is 1. The largest absolute Gasteiger partial charge is 0.314 e. The normalized spacial score (nSPS) is 28.2. The molecule has 1 aromatic rings. The van der Waals surface area contributed by atoms with Gasteiger partial charge in [-0.2, -0.15) is 0 Å². The van der Waals surface area contributed by atoms with E-state index < -0.39 is 0 Å². The average molecular weight is 327 g/mol. The first-order valence-corrected chi connectivity index (χ1v) is 9.15. The Labute approximate surface area is 143 Å². The van der Waals surface area contributed by atoms with Crippen LogP contribution in [0.2, 0.25) is 0 Å². The molecule has 0 aliphatic carbocycles. The molecule has 1 N–H and O–H groups in total. The molecule has 0 saturated carbocycles. The van der Waals surface area contributed by atoms with Crippen LogP contribution in [-0.4, -0.2) is 54.0 Å². The summed E-state index contributed by atoms with van der Waals surface area (Å²) in [6, 6.07) is 7.74. The highest BCUT2D eigenvalue weighted by Crippen LogP contribution is 2.27. The maximum absolute atomic E-state index is 12.5. The lowest BCUT2D eigenvalue weighted by Gasteiger charge is -2.39. The van der Waals surface area contributed by atoms with Crippen molar-refractivity contribution in [3.63, 3.8) is 0 Å². The molecule has 2 amide bonds. The number of fused-ring (bicyclic) bond motifs is 1. The number of imide groups is 1. The Morgan fingerprint density at radius 1 is 1.00 bits per heavy atom. The minimum Gasteiger partial charge on any atom is -0.314 e. The number of piperidine rings is 2. The van der Waals surface area contributed by atoms with E-state index in [9.17, 15) is 9.59 Å². The van der Waals surface area contributed by atoms with Crippen molar-refractivity contribution in [3.8, 4) is 0 Å². The minimum atomic E-state index is -0.145. The average Bonchev–Trinajstić information content (AvgIpc) is 2.88. The molecule has 2 unspecified atom stereocenters. The van der Waals surface area contributed by atoms with Gasteiger partial charge in [-0.1, -0.05) is 18.6 Å². The molecule has 128 valence electrons. The number of hydrogen-bond acceptors (Lipinski definition) is 4. The van der Waals surface area contributed by atoms with Crippen LogP contribution >= 0.6 is 0 Å². The Bertz CT molecular complexity index is 604. The molecule has 2 atom stereocenters. The topological polar surface area (TPSA) is 52.7 Å². The number of nitrogens with one attached hydrogen (secondary N) is 1. The van der Waals surface area contributed by atoms with Crippen molar-refractivity contribution in [2.24, 2.45) is 5.92 Å². The summed E-state index contributed by atoms with van der Waals surface area (Å²) in [6.45, 7) is 3.50. The first-order valence-electron chi connectivity index (χ1n) is 9.15. The molecule has 2 saturated heterocycles. The molecule has 3 aliphatic rings. The van der Waals surface area contributed by atoms with Crippen LogP contribution in [0.5, 0.6) is 0 Å². The summed E-state index contributed by atoms with van der Waals surface area (Å²) in [5.41, 5.74) is 1.09. The molecule has 0 spiro atoms. The zero-order valence-corrected chi connectivity index (χ0v) is 14.0. The molecule has 3 aliphatic heterocycles. The first kappa shape index (κ1) is 15.8. The van der Waals surface area contributed by atoms with Gasteiger partial charge in [-0.3, -0.25) is 19.4 Å². The van der Waals surface area contributed by atoms with Crippen LogP contribution in [0.3, 0.4) is 0 Å². The quantitative estimate of drug-likeness (QED) is 0.864. The van der Waals surface area contributed by atoms with Gasteiger partial charge in [0.25, 0.3) is 11.8 Å². The molecule has 4 rings (SSSR count). The van der Waals surface area contributed by atoms with Gasteiger partial charge in [0.2, 0.25) is 0 Å². The molecular weight excluding hydrogens is 302 g/mol. The van der Waals surface area contributed by atoms with Gasteiger partial charge >= 0.3 is 0 Å². The van der Waals surface area contributed by atoms with E-state index in [1.807, 2.05) is 12.1 Å². The lowest BCUT2D eigenvalue weighted by Crippen LogP contribution is -2.50. The van der Waals surface area contributed by atoms with E-state index in [0.29, 0.717) is 29.8 Å². The van der Waals surface area contributed by atoms with Gasteiger partial charge in [-0.15, -0.1) is 0 Å². The van der Waals surface area contributed by atoms with Crippen molar-refractivity contribution in [2.75, 3.05) is 26.3 Å². The summed E-state index contributed by atoms with van der Waals surface area (Å²) in [5, 5.41) is 3.66. The lowest BCUT2D eigenvalue weighted by molar-refractivity contribution is 0.0450. The van der Waals surface area contributed by atoms with E-state index in [1.165, 1.54) is 30.6 Å². The highest BCUT2D eigenvalue weighted by Gasteiger charge is 2.37. The lowest BCUT2D eigenvalue weighted by atomic mass is 9.86. The molecule has 0 bridgehead atoms. The SMILES string of the molecule is O=C1c2ccccc2C(=O)N1CN1CCCC(C2CCCCN2)C1. The Balaban J connectivity index is 1.42. The maximum atomic E-state index is 12.5. The Hall–Kier alpha value is -1.72. The van der Waals surface area contributed by atoms with Crippen LogP contribution < -0.4 is 5.32 Å². The minimum absolute atomic E-state index is 0.145. The second kappa shape index (κ2) is 6.65. The maximum Gasteiger partial charge on any atom is 0.262 e. The third kappa shape index (κ3) is 2.87. The number of carbonyl (C=O) groups excluding carboxylic acids is 2. The summed E-state index contributed by atoms with van der Waals surface area (Å²) in [4.78, 5) is 28.8. The molecule has 24 heavy (non-hydrogen) atoms. The van der Waals surface area contributed by atoms with Crippen molar-refractivity contribution in [1.82, 2.24) is 15.1 Å². The van der Waals surface area contributed by atoms with E-state index in [1.54, 1.807) is 12.1 Å². The van der Waals surface area contributed by atoms with Crippen LogP contribution in [-0.2, 0) is 0 Å². The fourth-order valence-electron chi connectivity index (χ4n) is 4.40. The molecule has 3 heterocycles. The van der Waals surface area contributed by atoms with Gasteiger partial charge in [0, 0.05) is 12.6 Å². The predicted molar refractivity (Wildman–Crippen MR) is 91.7 cm³/mol. The van der Waals surface area contributed by atoms with Gasteiger partial charge in [0.1, 0.15) is 0 Å². The number of amides is 2. The first-order chi connectivity index (χ1) is 11.7. The summed E-state index contributed by atoms with van der Waals surface area (Å²) >= 11 is 0. The fourth-order valence-corrected chi connectivity index (χ4v) is 4.40. The number of benzene rings is 1. The standard InChI is InChI=1S/C19H25N3O2/c23-18-15-7-1-2-8-16(15)19(24)22(18)13-21-11-5-6-14(12-21)17-9-3-4-10-20-17/h1-2,7-8,14,17,20H,3-6,9-13H2. The zero-order chi connectivity index (χ0) is 16.5. The highest BCUT2D eigenvalue weighted by atomic mass is 16.2. The second-order valence-electron chi connectivity index (χ2n) is 7.26. The van der Waals surface area contributed by atoms with Crippen molar-refractivity contribution < 1.29 is 9.59 Å². The summed E-state index contributed by atoms with van der Waals surface area (Å²) in [6.07, 6.45) is 6.24. The number of rotatable bonds is 3. The van der Waals surface area contributed by atoms with Gasteiger partial charge < -0.3 is 5.32 Å². The van der Waals surface area contributed by atoms with E-state index >= 15 is 0 Å². The van der Waals surface area contributed by atoms with Gasteiger partial charge in [0.15, 0.2) is 0 Å². The summed E-state index contributed by atoms with van der Waals surface area (Å²) in [5.74, 6) is 0.344. The van der Waals surface area contributed by atoms with E-state index in [0.717, 1.165) is 26.1 Å². The highest BCUT2D eigenvalue weighted by molar-refractivity contribution is 6.21.